The lowest BCUT2D eigenvalue weighted by molar-refractivity contribution is -0.137. The average molecular weight is 289 g/mol. The summed E-state index contributed by atoms with van der Waals surface area (Å²) in [4.78, 5) is 25.4. The molecule has 0 spiro atoms. The van der Waals surface area contributed by atoms with Crippen LogP contribution in [0.25, 0.3) is 0 Å². The molecule has 0 aromatic rings. The molecule has 1 unspecified atom stereocenters. The van der Waals surface area contributed by atoms with Gasteiger partial charge in [0.1, 0.15) is 5.54 Å². The van der Waals surface area contributed by atoms with E-state index in [1.165, 1.54) is 0 Å². The number of carbonyl (C=O) groups excluding carboxylic acids is 2. The van der Waals surface area contributed by atoms with E-state index in [2.05, 4.69) is 27.8 Å². The molecule has 2 amide bonds. The highest BCUT2D eigenvalue weighted by molar-refractivity contribution is 9.11. The largest absolute Gasteiger partial charge is 0.342 e. The van der Waals surface area contributed by atoms with Gasteiger partial charge in [0.25, 0.3) is 0 Å². The van der Waals surface area contributed by atoms with Crippen LogP contribution in [-0.2, 0) is 9.59 Å². The van der Waals surface area contributed by atoms with Gasteiger partial charge in [-0.25, -0.2) is 0 Å². The summed E-state index contributed by atoms with van der Waals surface area (Å²) in [6, 6.07) is 0. The van der Waals surface area contributed by atoms with E-state index in [1.807, 2.05) is 6.92 Å². The SMILES string of the molecule is C=C(Br)CN1CCC(=O)NC(C)(CC)C1=O. The monoisotopic (exact) mass is 288 g/mol. The van der Waals surface area contributed by atoms with Crippen molar-refractivity contribution in [2.75, 3.05) is 13.1 Å². The lowest BCUT2D eigenvalue weighted by Crippen LogP contribution is -2.54. The average Bonchev–Trinajstić information content (AvgIpc) is 2.30. The van der Waals surface area contributed by atoms with Gasteiger partial charge in [-0.15, -0.1) is 0 Å². The first-order valence-corrected chi connectivity index (χ1v) is 6.12. The molecule has 4 nitrogen and oxygen atoms in total. The summed E-state index contributed by atoms with van der Waals surface area (Å²) in [5.41, 5.74) is -0.782. The molecule has 1 rings (SSSR count). The van der Waals surface area contributed by atoms with Gasteiger partial charge in [-0.3, -0.25) is 9.59 Å². The molecule has 1 fully saturated rings. The van der Waals surface area contributed by atoms with Crippen molar-refractivity contribution in [2.45, 2.75) is 32.2 Å². The quantitative estimate of drug-likeness (QED) is 0.854. The van der Waals surface area contributed by atoms with Crippen LogP contribution >= 0.6 is 15.9 Å². The number of halogens is 1. The Morgan fingerprint density at radius 2 is 2.25 bits per heavy atom. The number of nitrogens with one attached hydrogen (secondary N) is 1. The van der Waals surface area contributed by atoms with Crippen molar-refractivity contribution in [1.29, 1.82) is 0 Å². The van der Waals surface area contributed by atoms with Crippen LogP contribution in [0.15, 0.2) is 11.1 Å². The van der Waals surface area contributed by atoms with Crippen LogP contribution in [0, 0.1) is 0 Å². The Bertz CT molecular complexity index is 330. The number of carbonyl (C=O) groups is 2. The molecule has 0 aromatic carbocycles. The van der Waals surface area contributed by atoms with E-state index in [1.54, 1.807) is 11.8 Å². The number of hydrogen-bond donors (Lipinski definition) is 1. The molecule has 0 bridgehead atoms. The highest BCUT2D eigenvalue weighted by Gasteiger charge is 2.38. The lowest BCUT2D eigenvalue weighted by atomic mass is 9.97. The lowest BCUT2D eigenvalue weighted by Gasteiger charge is -2.31. The summed E-state index contributed by atoms with van der Waals surface area (Å²) >= 11 is 3.24. The molecule has 1 heterocycles. The first-order chi connectivity index (χ1) is 7.39. The number of nitrogens with zero attached hydrogens (tertiary/aromatic N) is 1. The number of rotatable bonds is 3. The van der Waals surface area contributed by atoms with Crippen LogP contribution in [0.3, 0.4) is 0 Å². The van der Waals surface area contributed by atoms with Crippen molar-refractivity contribution in [3.63, 3.8) is 0 Å². The van der Waals surface area contributed by atoms with Crippen LogP contribution in [0.4, 0.5) is 0 Å². The summed E-state index contributed by atoms with van der Waals surface area (Å²) in [6.07, 6.45) is 0.935. The maximum Gasteiger partial charge on any atom is 0.248 e. The van der Waals surface area contributed by atoms with E-state index < -0.39 is 5.54 Å². The van der Waals surface area contributed by atoms with Crippen molar-refractivity contribution in [3.05, 3.63) is 11.1 Å². The van der Waals surface area contributed by atoms with E-state index in [0.29, 0.717) is 25.9 Å². The minimum absolute atomic E-state index is 0.0403. The molecule has 5 heteroatoms. The van der Waals surface area contributed by atoms with Crippen LogP contribution in [0.1, 0.15) is 26.7 Å². The molecule has 1 aliphatic rings. The predicted octanol–water partition coefficient (Wildman–Crippen LogP) is 1.41. The van der Waals surface area contributed by atoms with Crippen LogP contribution < -0.4 is 5.32 Å². The highest BCUT2D eigenvalue weighted by Crippen LogP contribution is 2.19. The van der Waals surface area contributed by atoms with Gasteiger partial charge in [0.05, 0.1) is 6.54 Å². The van der Waals surface area contributed by atoms with Crippen LogP contribution in [0.5, 0.6) is 0 Å². The summed E-state index contributed by atoms with van der Waals surface area (Å²) in [5, 5.41) is 2.78. The third-order valence-corrected chi connectivity index (χ3v) is 3.10. The molecule has 0 saturated carbocycles. The number of hydrogen-bond acceptors (Lipinski definition) is 2. The first-order valence-electron chi connectivity index (χ1n) is 5.32. The topological polar surface area (TPSA) is 49.4 Å². The van der Waals surface area contributed by atoms with E-state index in [-0.39, 0.29) is 11.8 Å². The maximum atomic E-state index is 12.2. The Morgan fingerprint density at radius 1 is 1.62 bits per heavy atom. The Labute approximate surface area is 104 Å². The normalized spacial score (nSPS) is 26.3. The zero-order valence-electron chi connectivity index (χ0n) is 9.68. The highest BCUT2D eigenvalue weighted by atomic mass is 79.9. The van der Waals surface area contributed by atoms with Crippen molar-refractivity contribution in [2.24, 2.45) is 0 Å². The summed E-state index contributed by atoms with van der Waals surface area (Å²) in [7, 11) is 0. The van der Waals surface area contributed by atoms with Gasteiger partial charge in [-0.1, -0.05) is 29.4 Å². The fourth-order valence-corrected chi connectivity index (χ4v) is 2.01. The molecule has 0 aromatic heterocycles. The zero-order chi connectivity index (χ0) is 12.3. The van der Waals surface area contributed by atoms with E-state index >= 15 is 0 Å². The van der Waals surface area contributed by atoms with Crippen LogP contribution in [-0.4, -0.2) is 35.3 Å². The second-order valence-electron chi connectivity index (χ2n) is 4.23. The summed E-state index contributed by atoms with van der Waals surface area (Å²) in [5.74, 6) is -0.109. The van der Waals surface area contributed by atoms with Gasteiger partial charge in [0.2, 0.25) is 11.8 Å². The summed E-state index contributed by atoms with van der Waals surface area (Å²) < 4.78 is 0.744. The Kier molecular flexibility index (Phi) is 4.13. The smallest absolute Gasteiger partial charge is 0.248 e. The zero-order valence-corrected chi connectivity index (χ0v) is 11.3. The van der Waals surface area contributed by atoms with E-state index in [4.69, 9.17) is 0 Å². The third-order valence-electron chi connectivity index (χ3n) is 2.85. The van der Waals surface area contributed by atoms with Crippen molar-refractivity contribution < 1.29 is 9.59 Å². The predicted molar refractivity (Wildman–Crippen MR) is 66.1 cm³/mol. The molecular formula is C11H17BrN2O2. The molecule has 1 atom stereocenters. The summed E-state index contributed by atoms with van der Waals surface area (Å²) in [6.45, 7) is 8.28. The van der Waals surface area contributed by atoms with Crippen molar-refractivity contribution in [3.8, 4) is 0 Å². The molecule has 0 aliphatic carbocycles. The molecule has 1 aliphatic heterocycles. The second kappa shape index (κ2) is 4.99. The van der Waals surface area contributed by atoms with Gasteiger partial charge in [-0.05, 0) is 13.3 Å². The van der Waals surface area contributed by atoms with E-state index in [9.17, 15) is 9.59 Å². The standard InChI is InChI=1S/C11H17BrN2O2/c1-4-11(3)10(16)14(7-8(2)12)6-5-9(15)13-11/h2,4-7H2,1,3H3,(H,13,15). The molecular weight excluding hydrogens is 272 g/mol. The first kappa shape index (κ1) is 13.2. The van der Waals surface area contributed by atoms with E-state index in [0.717, 1.165) is 4.48 Å². The minimum Gasteiger partial charge on any atom is -0.342 e. The van der Waals surface area contributed by atoms with Crippen LogP contribution in [0.2, 0.25) is 0 Å². The third kappa shape index (κ3) is 2.84. The van der Waals surface area contributed by atoms with Gasteiger partial charge < -0.3 is 10.2 Å². The molecule has 90 valence electrons. The Morgan fingerprint density at radius 3 is 2.75 bits per heavy atom. The van der Waals surface area contributed by atoms with Gasteiger partial charge in [-0.2, -0.15) is 0 Å². The van der Waals surface area contributed by atoms with Crippen molar-refractivity contribution in [1.82, 2.24) is 10.2 Å². The Balaban J connectivity index is 2.92. The fraction of sp³-hybridized carbons (Fsp3) is 0.636. The van der Waals surface area contributed by atoms with Gasteiger partial charge in [0.15, 0.2) is 0 Å². The Hall–Kier alpha value is -0.840. The maximum absolute atomic E-state index is 12.2. The van der Waals surface area contributed by atoms with Gasteiger partial charge >= 0.3 is 0 Å². The van der Waals surface area contributed by atoms with Crippen molar-refractivity contribution >= 4 is 27.7 Å². The molecule has 0 radical (unpaired) electrons. The number of amides is 2. The fourth-order valence-electron chi connectivity index (χ4n) is 1.71. The van der Waals surface area contributed by atoms with Gasteiger partial charge in [0, 0.05) is 17.4 Å². The molecule has 16 heavy (non-hydrogen) atoms. The molecule has 1 N–H and O–H groups in total. The minimum atomic E-state index is -0.782. The molecule has 1 saturated heterocycles. The second-order valence-corrected chi connectivity index (χ2v) is 5.35.